The van der Waals surface area contributed by atoms with Crippen molar-refractivity contribution >= 4 is 28.8 Å². The van der Waals surface area contributed by atoms with Gasteiger partial charge in [-0.3, -0.25) is 4.79 Å². The molecule has 3 rings (SSSR count). The van der Waals surface area contributed by atoms with Crippen molar-refractivity contribution in [2.24, 2.45) is 0 Å². The van der Waals surface area contributed by atoms with Gasteiger partial charge in [-0.15, -0.1) is 11.3 Å². The average Bonchev–Trinajstić information content (AvgIpc) is 3.14. The minimum atomic E-state index is -0.679. The summed E-state index contributed by atoms with van der Waals surface area (Å²) in [5.41, 5.74) is 0.734. The average molecular weight is 340 g/mol. The fourth-order valence-corrected chi connectivity index (χ4v) is 3.09. The molecule has 0 aliphatic carbocycles. The molecule has 22 heavy (non-hydrogen) atoms. The molecule has 1 atom stereocenters. The number of benzene rings is 1. The van der Waals surface area contributed by atoms with Crippen LogP contribution in [0, 0.1) is 0 Å². The number of rotatable bonds is 5. The van der Waals surface area contributed by atoms with Gasteiger partial charge in [-0.25, -0.2) is 0 Å². The molecule has 0 fully saturated rings. The molecule has 0 saturated heterocycles. The van der Waals surface area contributed by atoms with Gasteiger partial charge in [0.25, 0.3) is 5.91 Å². The smallest absolute Gasteiger partial charge is 0.261 e. The summed E-state index contributed by atoms with van der Waals surface area (Å²) in [6, 6.07) is 8.68. The first-order valence-corrected chi connectivity index (χ1v) is 7.94. The van der Waals surface area contributed by atoms with E-state index in [-0.39, 0.29) is 12.7 Å². The number of thiophene rings is 1. The highest BCUT2D eigenvalue weighted by Gasteiger charge is 2.17. The van der Waals surface area contributed by atoms with E-state index in [1.807, 2.05) is 0 Å². The van der Waals surface area contributed by atoms with Crippen LogP contribution in [0.1, 0.15) is 27.8 Å². The molecule has 1 aliphatic rings. The molecule has 5 nitrogen and oxygen atoms in total. The van der Waals surface area contributed by atoms with E-state index < -0.39 is 6.10 Å². The fraction of sp³-hybridized carbons (Fsp3) is 0.267. The van der Waals surface area contributed by atoms with Gasteiger partial charge in [-0.2, -0.15) is 0 Å². The highest BCUT2D eigenvalue weighted by Crippen LogP contribution is 2.34. The van der Waals surface area contributed by atoms with Crippen LogP contribution in [-0.2, 0) is 0 Å². The monoisotopic (exact) mass is 339 g/mol. The molecule has 1 aromatic heterocycles. The Kier molecular flexibility index (Phi) is 4.52. The summed E-state index contributed by atoms with van der Waals surface area (Å²) < 4.78 is 11.1. The first kappa shape index (κ1) is 15.1. The van der Waals surface area contributed by atoms with Gasteiger partial charge in [0.1, 0.15) is 0 Å². The molecule has 7 heteroatoms. The maximum atomic E-state index is 11.9. The lowest BCUT2D eigenvalue weighted by atomic mass is 10.1. The number of nitrogens with one attached hydrogen (secondary N) is 1. The summed E-state index contributed by atoms with van der Waals surface area (Å²) in [4.78, 5) is 12.4. The van der Waals surface area contributed by atoms with E-state index in [1.165, 1.54) is 11.3 Å². The van der Waals surface area contributed by atoms with Crippen LogP contribution in [-0.4, -0.2) is 24.4 Å². The standard InChI is InChI=1S/C15H14ClNO4S/c16-14-4-3-13(22-14)15(19)17-6-5-10(18)9-1-2-11-12(7-9)21-8-20-11/h1-4,7,10,18H,5-6,8H2,(H,17,19). The summed E-state index contributed by atoms with van der Waals surface area (Å²) in [5, 5.41) is 12.9. The van der Waals surface area contributed by atoms with Crippen LogP contribution >= 0.6 is 22.9 Å². The van der Waals surface area contributed by atoms with Crippen LogP contribution in [0.15, 0.2) is 30.3 Å². The molecule has 1 aromatic carbocycles. The van der Waals surface area contributed by atoms with Gasteiger partial charge >= 0.3 is 0 Å². The number of ether oxygens (including phenoxy) is 2. The molecule has 1 aliphatic heterocycles. The Morgan fingerprint density at radius 1 is 1.32 bits per heavy atom. The molecule has 2 heterocycles. The van der Waals surface area contributed by atoms with Crippen LogP contribution < -0.4 is 14.8 Å². The number of halogens is 1. The molecule has 0 saturated carbocycles. The van der Waals surface area contributed by atoms with Crippen LogP contribution in [0.2, 0.25) is 4.34 Å². The SMILES string of the molecule is O=C(NCCC(O)c1ccc2c(c1)OCO2)c1ccc(Cl)s1. The van der Waals surface area contributed by atoms with E-state index in [1.54, 1.807) is 30.3 Å². The third-order valence-corrected chi connectivity index (χ3v) is 4.51. The number of carbonyl (C=O) groups excluding carboxylic acids is 1. The van der Waals surface area contributed by atoms with Gasteiger partial charge in [-0.05, 0) is 36.2 Å². The van der Waals surface area contributed by atoms with Gasteiger partial charge < -0.3 is 19.9 Å². The molecule has 1 amide bonds. The third kappa shape index (κ3) is 3.35. The lowest BCUT2D eigenvalue weighted by molar-refractivity contribution is 0.0946. The van der Waals surface area contributed by atoms with Gasteiger partial charge in [0.2, 0.25) is 6.79 Å². The van der Waals surface area contributed by atoms with E-state index in [0.29, 0.717) is 33.7 Å². The maximum Gasteiger partial charge on any atom is 0.261 e. The fourth-order valence-electron chi connectivity index (χ4n) is 2.13. The van der Waals surface area contributed by atoms with Crippen LogP contribution in [0.4, 0.5) is 0 Å². The Balaban J connectivity index is 1.52. The second kappa shape index (κ2) is 6.56. The van der Waals surface area contributed by atoms with Gasteiger partial charge in [0.05, 0.1) is 15.3 Å². The first-order valence-electron chi connectivity index (χ1n) is 6.74. The Morgan fingerprint density at radius 3 is 2.91 bits per heavy atom. The number of aliphatic hydroxyl groups excluding tert-OH is 1. The van der Waals surface area contributed by atoms with E-state index in [0.717, 1.165) is 5.56 Å². The molecule has 0 spiro atoms. The molecular weight excluding hydrogens is 326 g/mol. The second-order valence-corrected chi connectivity index (χ2v) is 6.49. The zero-order valence-electron chi connectivity index (χ0n) is 11.5. The zero-order valence-corrected chi connectivity index (χ0v) is 13.1. The van der Waals surface area contributed by atoms with Crippen molar-refractivity contribution in [1.82, 2.24) is 5.32 Å². The summed E-state index contributed by atoms with van der Waals surface area (Å²) in [5.74, 6) is 1.13. The normalized spacial score (nSPS) is 13.9. The number of carbonyl (C=O) groups is 1. The zero-order chi connectivity index (χ0) is 15.5. The van der Waals surface area contributed by atoms with Crippen molar-refractivity contribution in [1.29, 1.82) is 0 Å². The molecule has 116 valence electrons. The van der Waals surface area contributed by atoms with Gasteiger partial charge in [0.15, 0.2) is 11.5 Å². The number of hydrogen-bond donors (Lipinski definition) is 2. The maximum absolute atomic E-state index is 11.9. The Labute approximate surface area is 136 Å². The van der Waals surface area contributed by atoms with E-state index >= 15 is 0 Å². The van der Waals surface area contributed by atoms with Crippen molar-refractivity contribution in [3.05, 3.63) is 45.1 Å². The van der Waals surface area contributed by atoms with E-state index in [4.69, 9.17) is 21.1 Å². The molecular formula is C15H14ClNO4S. The van der Waals surface area contributed by atoms with E-state index in [9.17, 15) is 9.90 Å². The topological polar surface area (TPSA) is 67.8 Å². The highest BCUT2D eigenvalue weighted by molar-refractivity contribution is 7.17. The van der Waals surface area contributed by atoms with Crippen molar-refractivity contribution in [2.45, 2.75) is 12.5 Å². The summed E-state index contributed by atoms with van der Waals surface area (Å²) in [6.45, 7) is 0.568. The quantitative estimate of drug-likeness (QED) is 0.878. The van der Waals surface area contributed by atoms with Crippen LogP contribution in [0.5, 0.6) is 11.5 Å². The molecule has 0 radical (unpaired) electrons. The summed E-state index contributed by atoms with van der Waals surface area (Å²) in [6.07, 6.45) is -0.272. The predicted molar refractivity (Wildman–Crippen MR) is 83.8 cm³/mol. The first-order chi connectivity index (χ1) is 10.6. The van der Waals surface area contributed by atoms with Gasteiger partial charge in [0, 0.05) is 6.54 Å². The minimum Gasteiger partial charge on any atom is -0.454 e. The van der Waals surface area contributed by atoms with Gasteiger partial charge in [-0.1, -0.05) is 17.7 Å². The third-order valence-electron chi connectivity index (χ3n) is 3.28. The Morgan fingerprint density at radius 2 is 2.14 bits per heavy atom. The second-order valence-electron chi connectivity index (χ2n) is 4.78. The highest BCUT2D eigenvalue weighted by atomic mass is 35.5. The van der Waals surface area contributed by atoms with Crippen molar-refractivity contribution in [3.63, 3.8) is 0 Å². The number of fused-ring (bicyclic) bond motifs is 1. The van der Waals surface area contributed by atoms with Crippen molar-refractivity contribution in [2.75, 3.05) is 13.3 Å². The lowest BCUT2D eigenvalue weighted by Gasteiger charge is -2.12. The van der Waals surface area contributed by atoms with E-state index in [2.05, 4.69) is 5.32 Å². The van der Waals surface area contributed by atoms with Crippen molar-refractivity contribution in [3.8, 4) is 11.5 Å². The largest absolute Gasteiger partial charge is 0.454 e. The molecule has 1 unspecified atom stereocenters. The molecule has 2 aromatic rings. The van der Waals surface area contributed by atoms with Crippen LogP contribution in [0.25, 0.3) is 0 Å². The number of hydrogen-bond acceptors (Lipinski definition) is 5. The minimum absolute atomic E-state index is 0.185. The summed E-state index contributed by atoms with van der Waals surface area (Å²) >= 11 is 7.02. The number of aliphatic hydroxyl groups is 1. The number of amides is 1. The summed E-state index contributed by atoms with van der Waals surface area (Å²) in [7, 11) is 0. The molecule has 2 N–H and O–H groups in total. The Bertz CT molecular complexity index is 688. The molecule has 0 bridgehead atoms. The van der Waals surface area contributed by atoms with Crippen molar-refractivity contribution < 1.29 is 19.4 Å². The lowest BCUT2D eigenvalue weighted by Crippen LogP contribution is -2.24. The Hall–Kier alpha value is -1.76. The van der Waals surface area contributed by atoms with Crippen LogP contribution in [0.3, 0.4) is 0 Å². The predicted octanol–water partition coefficient (Wildman–Crippen LogP) is 2.98.